The molecule has 0 saturated heterocycles. The largest absolute Gasteiger partial charge is 0.355 e. The number of sulfone groups is 1. The highest BCUT2D eigenvalue weighted by Crippen LogP contribution is 2.41. The monoisotopic (exact) mass is 639 g/mol. The number of halogens is 1. The van der Waals surface area contributed by atoms with E-state index in [1.54, 1.807) is 35.2 Å². The van der Waals surface area contributed by atoms with Gasteiger partial charge in [0.25, 0.3) is 5.91 Å². The van der Waals surface area contributed by atoms with Crippen LogP contribution in [0.25, 0.3) is 0 Å². The first-order valence-electron chi connectivity index (χ1n) is 14.3. The Kier molecular flexibility index (Phi) is 10.2. The molecule has 9 nitrogen and oxygen atoms in total. The van der Waals surface area contributed by atoms with Gasteiger partial charge in [-0.2, -0.15) is 0 Å². The molecular weight excluding hydrogens is 602 g/mol. The Morgan fingerprint density at radius 1 is 0.955 bits per heavy atom. The molecule has 4 rings (SSSR count). The highest BCUT2D eigenvalue weighted by atomic mass is 35.5. The van der Waals surface area contributed by atoms with Gasteiger partial charge in [-0.1, -0.05) is 68.8 Å². The van der Waals surface area contributed by atoms with E-state index in [0.29, 0.717) is 34.9 Å². The molecule has 3 amide bonds. The number of carbonyl (C=O) groups is 3. The first-order valence-corrected chi connectivity index (χ1v) is 16.5. The van der Waals surface area contributed by atoms with Crippen molar-refractivity contribution < 1.29 is 27.5 Å². The third-order valence-corrected chi connectivity index (χ3v) is 8.41. The predicted molar refractivity (Wildman–Crippen MR) is 170 cm³/mol. The lowest BCUT2D eigenvalue weighted by Crippen LogP contribution is -2.45. The zero-order valence-corrected chi connectivity index (χ0v) is 27.1. The van der Waals surface area contributed by atoms with Gasteiger partial charge in [0.1, 0.15) is 12.2 Å². The third-order valence-electron chi connectivity index (χ3n) is 7.04. The summed E-state index contributed by atoms with van der Waals surface area (Å²) in [5, 5.41) is 6.11. The summed E-state index contributed by atoms with van der Waals surface area (Å²) in [6, 6.07) is 19.1. The minimum atomic E-state index is -3.33. The number of rotatable bonds is 9. The number of benzene rings is 3. The minimum absolute atomic E-state index is 0.153. The van der Waals surface area contributed by atoms with Gasteiger partial charge in [0.2, 0.25) is 11.8 Å². The number of ether oxygens (including phenoxy) is 1. The molecule has 0 aromatic heterocycles. The quantitative estimate of drug-likeness (QED) is 0.342. The van der Waals surface area contributed by atoms with Gasteiger partial charge < -0.3 is 20.3 Å². The minimum Gasteiger partial charge on any atom is -0.355 e. The molecule has 44 heavy (non-hydrogen) atoms. The van der Waals surface area contributed by atoms with Crippen LogP contribution in [0.4, 0.5) is 5.69 Å². The Labute approximate surface area is 263 Å². The van der Waals surface area contributed by atoms with Crippen molar-refractivity contribution in [3.63, 3.8) is 0 Å². The number of carbonyl (C=O) groups excluding carboxylic acids is 3. The van der Waals surface area contributed by atoms with E-state index < -0.39 is 28.0 Å². The zero-order valence-electron chi connectivity index (χ0n) is 25.5. The summed E-state index contributed by atoms with van der Waals surface area (Å²) >= 11 is 6.47. The second-order valence-corrected chi connectivity index (χ2v) is 14.7. The van der Waals surface area contributed by atoms with E-state index >= 15 is 0 Å². The molecule has 2 N–H and O–H groups in total. The molecule has 234 valence electrons. The molecule has 1 heterocycles. The molecule has 2 unspecified atom stereocenters. The van der Waals surface area contributed by atoms with Gasteiger partial charge >= 0.3 is 0 Å². The van der Waals surface area contributed by atoms with Gasteiger partial charge in [0.05, 0.1) is 11.3 Å². The van der Waals surface area contributed by atoms with Crippen molar-refractivity contribution in [3.05, 3.63) is 94.0 Å². The van der Waals surface area contributed by atoms with Crippen LogP contribution < -0.4 is 15.5 Å². The Morgan fingerprint density at radius 2 is 1.64 bits per heavy atom. The summed E-state index contributed by atoms with van der Waals surface area (Å²) in [6.45, 7) is 8.39. The van der Waals surface area contributed by atoms with Gasteiger partial charge in [-0.25, -0.2) is 8.42 Å². The standard InChI is InChI=1S/C33H38ClN3O6S/c1-21(38)35-19-23-7-6-8-24(15-23)31-27-16-25(34)11-14-28(27)37(20-33(2,3)4)32(40)29(43-31)17-30(39)36-18-22-9-12-26(13-10-22)44(5,41)42/h6-16,29,31H,17-20H2,1-5H3,(H,35,38)(H,36,39). The molecule has 0 fully saturated rings. The maximum absolute atomic E-state index is 14.1. The normalized spacial score (nSPS) is 17.0. The van der Waals surface area contributed by atoms with Crippen LogP contribution in [0, 0.1) is 5.41 Å². The van der Waals surface area contributed by atoms with E-state index in [-0.39, 0.29) is 35.1 Å². The molecule has 1 aliphatic rings. The fourth-order valence-corrected chi connectivity index (χ4v) is 5.80. The van der Waals surface area contributed by atoms with Gasteiger partial charge in [-0.05, 0) is 52.4 Å². The number of fused-ring (bicyclic) bond motifs is 1. The predicted octanol–water partition coefficient (Wildman–Crippen LogP) is 4.95. The summed E-state index contributed by atoms with van der Waals surface area (Å²) in [5.74, 6) is -0.888. The molecule has 3 aromatic carbocycles. The molecule has 0 radical (unpaired) electrons. The van der Waals surface area contributed by atoms with Crippen LogP contribution in [0.5, 0.6) is 0 Å². The van der Waals surface area contributed by atoms with Crippen LogP contribution in [0.15, 0.2) is 71.6 Å². The van der Waals surface area contributed by atoms with Crippen LogP contribution in [-0.4, -0.2) is 45.0 Å². The van der Waals surface area contributed by atoms with Crippen molar-refractivity contribution in [2.75, 3.05) is 17.7 Å². The van der Waals surface area contributed by atoms with Crippen molar-refractivity contribution in [2.24, 2.45) is 5.41 Å². The SMILES string of the molecule is CC(=O)NCc1cccc(C2OC(CC(=O)NCc3ccc(S(C)(=O)=O)cc3)C(=O)N(CC(C)(C)C)c3ccc(Cl)cc32)c1. The Hall–Kier alpha value is -3.73. The molecule has 0 saturated carbocycles. The lowest BCUT2D eigenvalue weighted by Gasteiger charge is -2.31. The average molecular weight is 640 g/mol. The fourth-order valence-electron chi connectivity index (χ4n) is 4.99. The maximum Gasteiger partial charge on any atom is 0.256 e. The molecule has 1 aliphatic heterocycles. The number of hydrogen-bond donors (Lipinski definition) is 2. The van der Waals surface area contributed by atoms with E-state index in [2.05, 4.69) is 10.6 Å². The van der Waals surface area contributed by atoms with E-state index in [1.807, 2.05) is 45.0 Å². The summed E-state index contributed by atoms with van der Waals surface area (Å²) in [6.07, 6.45) is -0.934. The number of nitrogens with one attached hydrogen (secondary N) is 2. The van der Waals surface area contributed by atoms with Crippen molar-refractivity contribution in [1.82, 2.24) is 10.6 Å². The maximum atomic E-state index is 14.1. The van der Waals surface area contributed by atoms with Gasteiger partial charge in [0.15, 0.2) is 9.84 Å². The summed E-state index contributed by atoms with van der Waals surface area (Å²) in [7, 11) is -3.33. The zero-order chi connectivity index (χ0) is 32.2. The van der Waals surface area contributed by atoms with Gasteiger partial charge in [0, 0.05) is 49.1 Å². The van der Waals surface area contributed by atoms with E-state index in [0.717, 1.165) is 17.4 Å². The second-order valence-electron chi connectivity index (χ2n) is 12.2. The van der Waals surface area contributed by atoms with Gasteiger partial charge in [-0.15, -0.1) is 0 Å². The lowest BCUT2D eigenvalue weighted by atomic mass is 9.94. The molecule has 0 bridgehead atoms. The van der Waals surface area contributed by atoms with Gasteiger partial charge in [-0.3, -0.25) is 14.4 Å². The topological polar surface area (TPSA) is 122 Å². The molecule has 3 aromatic rings. The van der Waals surface area contributed by atoms with Crippen LogP contribution in [0.3, 0.4) is 0 Å². The Bertz CT molecular complexity index is 1650. The molecule has 0 spiro atoms. The lowest BCUT2D eigenvalue weighted by molar-refractivity contribution is -0.138. The van der Waals surface area contributed by atoms with Crippen LogP contribution in [0.2, 0.25) is 5.02 Å². The number of nitrogens with zero attached hydrogens (tertiary/aromatic N) is 1. The number of amides is 3. The summed E-state index contributed by atoms with van der Waals surface area (Å²) in [5.41, 5.74) is 3.39. The smallest absolute Gasteiger partial charge is 0.256 e. The number of anilines is 1. The summed E-state index contributed by atoms with van der Waals surface area (Å²) in [4.78, 5) is 40.7. The highest BCUT2D eigenvalue weighted by molar-refractivity contribution is 7.90. The molecule has 2 atom stereocenters. The van der Waals surface area contributed by atoms with Crippen molar-refractivity contribution in [1.29, 1.82) is 0 Å². The Morgan fingerprint density at radius 3 is 2.27 bits per heavy atom. The van der Waals surface area contributed by atoms with E-state index in [1.165, 1.54) is 19.1 Å². The molecule has 0 aliphatic carbocycles. The van der Waals surface area contributed by atoms with Crippen molar-refractivity contribution in [3.8, 4) is 0 Å². The highest BCUT2D eigenvalue weighted by Gasteiger charge is 2.39. The van der Waals surface area contributed by atoms with E-state index in [9.17, 15) is 22.8 Å². The van der Waals surface area contributed by atoms with Crippen LogP contribution in [0.1, 0.15) is 62.5 Å². The fraction of sp³-hybridized carbons (Fsp3) is 0.364. The van der Waals surface area contributed by atoms with Crippen molar-refractivity contribution in [2.45, 2.75) is 64.3 Å². The average Bonchev–Trinajstić information content (AvgIpc) is 3.04. The molecular formula is C33H38ClN3O6S. The first kappa shape index (κ1) is 33.2. The van der Waals surface area contributed by atoms with Crippen LogP contribution >= 0.6 is 11.6 Å². The number of hydrogen-bond acceptors (Lipinski definition) is 6. The summed E-state index contributed by atoms with van der Waals surface area (Å²) < 4.78 is 30.1. The Balaban J connectivity index is 1.65. The van der Waals surface area contributed by atoms with Crippen LogP contribution in [-0.2, 0) is 42.0 Å². The molecule has 11 heteroatoms. The third kappa shape index (κ3) is 8.68. The second kappa shape index (κ2) is 13.5. The first-order chi connectivity index (χ1) is 20.6. The van der Waals surface area contributed by atoms with E-state index in [4.69, 9.17) is 16.3 Å². The van der Waals surface area contributed by atoms with Crippen molar-refractivity contribution >= 4 is 44.8 Å².